The van der Waals surface area contributed by atoms with Crippen molar-refractivity contribution in [3.05, 3.63) is 11.4 Å². The van der Waals surface area contributed by atoms with Crippen LogP contribution in [0.4, 0.5) is 0 Å². The van der Waals surface area contributed by atoms with Crippen LogP contribution in [-0.4, -0.2) is 50.0 Å². The van der Waals surface area contributed by atoms with Gasteiger partial charge in [-0.3, -0.25) is 5.10 Å². The van der Waals surface area contributed by atoms with Crippen LogP contribution in [0.1, 0.15) is 35.4 Å². The van der Waals surface area contributed by atoms with E-state index in [1.165, 1.54) is 6.92 Å². The zero-order chi connectivity index (χ0) is 15.2. The maximum absolute atomic E-state index is 12.1. The SMILES string of the molecule is COCCCCCNS(=O)(=O)c1c(C(=O)O)n[nH]c1C. The second-order valence-corrected chi connectivity index (χ2v) is 5.99. The van der Waals surface area contributed by atoms with E-state index in [0.29, 0.717) is 13.0 Å². The third-order valence-corrected chi connectivity index (χ3v) is 4.30. The molecule has 0 radical (unpaired) electrons. The smallest absolute Gasteiger partial charge is 0.357 e. The van der Waals surface area contributed by atoms with Gasteiger partial charge in [-0.2, -0.15) is 5.10 Å². The number of H-pyrrole nitrogens is 1. The quantitative estimate of drug-likeness (QED) is 0.572. The largest absolute Gasteiger partial charge is 0.476 e. The number of nitrogens with zero attached hydrogens (tertiary/aromatic N) is 1. The first kappa shape index (κ1) is 16.6. The summed E-state index contributed by atoms with van der Waals surface area (Å²) in [7, 11) is -2.26. The second-order valence-electron chi connectivity index (χ2n) is 4.28. The molecule has 0 aliphatic heterocycles. The highest BCUT2D eigenvalue weighted by Gasteiger charge is 2.27. The molecular weight excluding hydrogens is 286 g/mol. The fourth-order valence-electron chi connectivity index (χ4n) is 1.72. The van der Waals surface area contributed by atoms with Crippen molar-refractivity contribution in [1.29, 1.82) is 0 Å². The number of carboxylic acid groups (broad SMARTS) is 1. The molecule has 0 unspecified atom stereocenters. The maximum Gasteiger partial charge on any atom is 0.357 e. The summed E-state index contributed by atoms with van der Waals surface area (Å²) in [5.41, 5.74) is -0.288. The summed E-state index contributed by atoms with van der Waals surface area (Å²) in [6, 6.07) is 0. The van der Waals surface area contributed by atoms with Gasteiger partial charge in [0.05, 0.1) is 5.69 Å². The van der Waals surface area contributed by atoms with Gasteiger partial charge in [-0.25, -0.2) is 17.9 Å². The van der Waals surface area contributed by atoms with Crippen molar-refractivity contribution in [3.63, 3.8) is 0 Å². The molecule has 0 amide bonds. The standard InChI is InChI=1S/C11H19N3O5S/c1-8-10(9(11(15)16)14-13-8)20(17,18)12-6-4-3-5-7-19-2/h12H,3-7H2,1-2H3,(H,13,14)(H,15,16). The average Bonchev–Trinajstić information content (AvgIpc) is 2.76. The molecule has 8 nitrogen and oxygen atoms in total. The topological polar surface area (TPSA) is 121 Å². The zero-order valence-corrected chi connectivity index (χ0v) is 12.3. The Kier molecular flexibility index (Phi) is 6.11. The molecule has 0 aromatic carbocycles. The summed E-state index contributed by atoms with van der Waals surface area (Å²) >= 11 is 0. The van der Waals surface area contributed by atoms with Gasteiger partial charge >= 0.3 is 5.97 Å². The van der Waals surface area contributed by atoms with Crippen molar-refractivity contribution in [2.75, 3.05) is 20.3 Å². The van der Waals surface area contributed by atoms with Gasteiger partial charge in [0, 0.05) is 20.3 Å². The van der Waals surface area contributed by atoms with Crippen molar-refractivity contribution in [2.45, 2.75) is 31.1 Å². The lowest BCUT2D eigenvalue weighted by Gasteiger charge is -2.06. The molecule has 20 heavy (non-hydrogen) atoms. The minimum atomic E-state index is -3.87. The monoisotopic (exact) mass is 305 g/mol. The van der Waals surface area contributed by atoms with E-state index in [1.807, 2.05) is 0 Å². The summed E-state index contributed by atoms with van der Waals surface area (Å²) in [5, 5.41) is 14.8. The van der Waals surface area contributed by atoms with Gasteiger partial charge in [-0.05, 0) is 26.2 Å². The third-order valence-electron chi connectivity index (χ3n) is 2.68. The van der Waals surface area contributed by atoms with Crippen LogP contribution in [0, 0.1) is 6.92 Å². The highest BCUT2D eigenvalue weighted by atomic mass is 32.2. The van der Waals surface area contributed by atoms with E-state index >= 15 is 0 Å². The number of unbranched alkanes of at least 4 members (excludes halogenated alkanes) is 2. The van der Waals surface area contributed by atoms with Crippen molar-refractivity contribution in [2.24, 2.45) is 0 Å². The van der Waals surface area contributed by atoms with Crippen LogP contribution in [0.15, 0.2) is 4.90 Å². The molecule has 0 saturated heterocycles. The van der Waals surface area contributed by atoms with Crippen LogP contribution in [0.2, 0.25) is 0 Å². The molecule has 0 fully saturated rings. The van der Waals surface area contributed by atoms with Crippen molar-refractivity contribution in [1.82, 2.24) is 14.9 Å². The lowest BCUT2D eigenvalue weighted by Crippen LogP contribution is -2.26. The fourth-order valence-corrected chi connectivity index (χ4v) is 3.11. The Morgan fingerprint density at radius 2 is 2.10 bits per heavy atom. The van der Waals surface area contributed by atoms with Gasteiger partial charge < -0.3 is 9.84 Å². The van der Waals surface area contributed by atoms with Gasteiger partial charge in [0.15, 0.2) is 5.69 Å². The van der Waals surface area contributed by atoms with Crippen molar-refractivity contribution >= 4 is 16.0 Å². The Morgan fingerprint density at radius 1 is 1.40 bits per heavy atom. The van der Waals surface area contributed by atoms with Crippen LogP contribution < -0.4 is 4.72 Å². The van der Waals surface area contributed by atoms with Crippen LogP contribution in [-0.2, 0) is 14.8 Å². The number of aromatic carboxylic acids is 1. The highest BCUT2D eigenvalue weighted by Crippen LogP contribution is 2.17. The van der Waals surface area contributed by atoms with Crippen molar-refractivity contribution in [3.8, 4) is 0 Å². The molecule has 9 heteroatoms. The number of ether oxygens (including phenoxy) is 1. The molecule has 0 spiro atoms. The van der Waals surface area contributed by atoms with Gasteiger partial charge in [0.2, 0.25) is 10.0 Å². The van der Waals surface area contributed by atoms with Gasteiger partial charge in [-0.1, -0.05) is 0 Å². The molecular formula is C11H19N3O5S. The molecule has 1 aromatic rings. The van der Waals surface area contributed by atoms with E-state index in [9.17, 15) is 13.2 Å². The van der Waals surface area contributed by atoms with E-state index < -0.39 is 21.7 Å². The Balaban J connectivity index is 2.65. The minimum Gasteiger partial charge on any atom is -0.476 e. The molecule has 0 aliphatic carbocycles. The number of hydrogen-bond donors (Lipinski definition) is 3. The average molecular weight is 305 g/mol. The predicted octanol–water partition coefficient (Wildman–Crippen LogP) is 0.511. The van der Waals surface area contributed by atoms with Crippen LogP contribution in [0.25, 0.3) is 0 Å². The summed E-state index contributed by atoms with van der Waals surface area (Å²) in [6.07, 6.45) is 2.33. The number of aromatic amines is 1. The number of aromatic nitrogens is 2. The molecule has 0 aliphatic rings. The maximum atomic E-state index is 12.1. The fraction of sp³-hybridized carbons (Fsp3) is 0.636. The van der Waals surface area contributed by atoms with Gasteiger partial charge in [0.1, 0.15) is 4.90 Å². The summed E-state index contributed by atoms with van der Waals surface area (Å²) in [5.74, 6) is -1.38. The number of sulfonamides is 1. The summed E-state index contributed by atoms with van der Waals surface area (Å²) in [6.45, 7) is 2.35. The van der Waals surface area contributed by atoms with E-state index in [2.05, 4.69) is 14.9 Å². The van der Waals surface area contributed by atoms with Crippen molar-refractivity contribution < 1.29 is 23.1 Å². The highest BCUT2D eigenvalue weighted by molar-refractivity contribution is 7.89. The Bertz CT molecular complexity index is 552. The molecule has 0 atom stereocenters. The first-order chi connectivity index (χ1) is 9.40. The minimum absolute atomic E-state index is 0.203. The molecule has 0 bridgehead atoms. The second kappa shape index (κ2) is 7.36. The van der Waals surface area contributed by atoms with Crippen LogP contribution in [0.3, 0.4) is 0 Å². The Labute approximate surface area is 117 Å². The zero-order valence-electron chi connectivity index (χ0n) is 11.5. The van der Waals surface area contributed by atoms with E-state index in [1.54, 1.807) is 7.11 Å². The lowest BCUT2D eigenvalue weighted by atomic mass is 10.2. The van der Waals surface area contributed by atoms with Crippen LogP contribution >= 0.6 is 0 Å². The van der Waals surface area contributed by atoms with Gasteiger partial charge in [0.25, 0.3) is 0 Å². The summed E-state index contributed by atoms with van der Waals surface area (Å²) in [4.78, 5) is 10.6. The number of carboxylic acids is 1. The molecule has 1 heterocycles. The number of methoxy groups -OCH3 is 1. The number of hydrogen-bond acceptors (Lipinski definition) is 5. The molecule has 3 N–H and O–H groups in total. The Morgan fingerprint density at radius 3 is 2.70 bits per heavy atom. The van der Waals surface area contributed by atoms with E-state index in [4.69, 9.17) is 9.84 Å². The molecule has 1 aromatic heterocycles. The van der Waals surface area contributed by atoms with E-state index in [-0.39, 0.29) is 17.1 Å². The summed E-state index contributed by atoms with van der Waals surface area (Å²) < 4.78 is 31.4. The molecule has 114 valence electrons. The predicted molar refractivity (Wildman–Crippen MR) is 71.2 cm³/mol. The number of rotatable bonds is 9. The van der Waals surface area contributed by atoms with Crippen LogP contribution in [0.5, 0.6) is 0 Å². The number of aryl methyl sites for hydroxylation is 1. The van der Waals surface area contributed by atoms with Gasteiger partial charge in [-0.15, -0.1) is 0 Å². The van der Waals surface area contributed by atoms with E-state index in [0.717, 1.165) is 12.8 Å². The number of carbonyl (C=O) groups is 1. The normalized spacial score (nSPS) is 11.7. The first-order valence-corrected chi connectivity index (χ1v) is 7.65. The first-order valence-electron chi connectivity index (χ1n) is 6.17. The third kappa shape index (κ3) is 4.29. The molecule has 1 rings (SSSR count). The number of nitrogens with one attached hydrogen (secondary N) is 2. The molecule has 0 saturated carbocycles. The Hall–Kier alpha value is -1.45. The lowest BCUT2D eigenvalue weighted by molar-refractivity contribution is 0.0686.